The number of hydrogen-bond donors (Lipinski definition) is 0. The summed E-state index contributed by atoms with van der Waals surface area (Å²) in [6.45, 7) is 2.35. The molecule has 1 aromatic rings. The third-order valence-electron chi connectivity index (χ3n) is 4.50. The zero-order valence-electron chi connectivity index (χ0n) is 13.1. The van der Waals surface area contributed by atoms with E-state index >= 15 is 0 Å². The molecule has 1 aromatic carbocycles. The predicted molar refractivity (Wildman–Crippen MR) is 83.6 cm³/mol. The van der Waals surface area contributed by atoms with Crippen molar-refractivity contribution in [1.82, 2.24) is 0 Å². The second kappa shape index (κ2) is 8.06. The van der Waals surface area contributed by atoms with Crippen molar-refractivity contribution in [2.45, 2.75) is 51.4 Å². The van der Waals surface area contributed by atoms with Crippen LogP contribution in [0.25, 0.3) is 0 Å². The number of ether oxygens (including phenoxy) is 2. The van der Waals surface area contributed by atoms with Crippen molar-refractivity contribution in [2.75, 3.05) is 13.7 Å². The van der Waals surface area contributed by atoms with Crippen LogP contribution in [0.15, 0.2) is 24.3 Å². The van der Waals surface area contributed by atoms with Crippen molar-refractivity contribution in [1.29, 1.82) is 0 Å². The first kappa shape index (κ1) is 15.9. The average Bonchev–Trinajstić information content (AvgIpc) is 2.54. The fourth-order valence-corrected chi connectivity index (χ4v) is 3.22. The fourth-order valence-electron chi connectivity index (χ4n) is 3.22. The van der Waals surface area contributed by atoms with Gasteiger partial charge in [0.2, 0.25) is 0 Å². The SMILES string of the molecule is CCOC(=O)CCC1CCC(c2ccc(OC)cc2)CC1. The van der Waals surface area contributed by atoms with E-state index in [0.29, 0.717) is 24.9 Å². The maximum atomic E-state index is 11.4. The summed E-state index contributed by atoms with van der Waals surface area (Å²) >= 11 is 0. The molecule has 0 aliphatic heterocycles. The van der Waals surface area contributed by atoms with Gasteiger partial charge < -0.3 is 9.47 Å². The van der Waals surface area contributed by atoms with Crippen molar-refractivity contribution in [3.8, 4) is 5.75 Å². The average molecular weight is 290 g/mol. The lowest BCUT2D eigenvalue weighted by Crippen LogP contribution is -2.15. The highest BCUT2D eigenvalue weighted by Crippen LogP contribution is 2.37. The molecule has 0 radical (unpaired) electrons. The van der Waals surface area contributed by atoms with Crippen LogP contribution >= 0.6 is 0 Å². The second-order valence-electron chi connectivity index (χ2n) is 5.83. The minimum Gasteiger partial charge on any atom is -0.497 e. The minimum absolute atomic E-state index is 0.0465. The van der Waals surface area contributed by atoms with Crippen LogP contribution in [0.4, 0.5) is 0 Å². The molecule has 3 nitrogen and oxygen atoms in total. The molecule has 0 saturated heterocycles. The molecule has 3 heteroatoms. The van der Waals surface area contributed by atoms with Crippen LogP contribution in [-0.2, 0) is 9.53 Å². The molecule has 1 fully saturated rings. The normalized spacial score (nSPS) is 21.8. The van der Waals surface area contributed by atoms with Crippen LogP contribution in [0.1, 0.15) is 56.9 Å². The Morgan fingerprint density at radius 2 is 1.81 bits per heavy atom. The molecule has 21 heavy (non-hydrogen) atoms. The summed E-state index contributed by atoms with van der Waals surface area (Å²) in [6.07, 6.45) is 6.44. The van der Waals surface area contributed by atoms with Gasteiger partial charge in [-0.2, -0.15) is 0 Å². The van der Waals surface area contributed by atoms with Gasteiger partial charge in [0, 0.05) is 6.42 Å². The van der Waals surface area contributed by atoms with E-state index in [4.69, 9.17) is 9.47 Å². The molecule has 1 saturated carbocycles. The van der Waals surface area contributed by atoms with Crippen molar-refractivity contribution in [2.24, 2.45) is 5.92 Å². The predicted octanol–water partition coefficient (Wildman–Crippen LogP) is 4.31. The lowest BCUT2D eigenvalue weighted by Gasteiger charge is -2.28. The van der Waals surface area contributed by atoms with Gasteiger partial charge in [-0.25, -0.2) is 0 Å². The van der Waals surface area contributed by atoms with Crippen molar-refractivity contribution in [3.63, 3.8) is 0 Å². The third-order valence-corrected chi connectivity index (χ3v) is 4.50. The molecule has 0 N–H and O–H groups in total. The molecular weight excluding hydrogens is 264 g/mol. The van der Waals surface area contributed by atoms with Gasteiger partial charge >= 0.3 is 5.97 Å². The van der Waals surface area contributed by atoms with Gasteiger partial charge in [-0.15, -0.1) is 0 Å². The van der Waals surface area contributed by atoms with E-state index in [9.17, 15) is 4.79 Å². The molecule has 0 aromatic heterocycles. The standard InChI is InChI=1S/C18H26O3/c1-3-21-18(19)13-6-14-4-7-15(8-5-14)16-9-11-17(20-2)12-10-16/h9-12,14-15H,3-8,13H2,1-2H3. The Labute approximate surface area is 127 Å². The quantitative estimate of drug-likeness (QED) is 0.732. The third kappa shape index (κ3) is 4.76. The van der Waals surface area contributed by atoms with E-state index in [1.807, 2.05) is 19.1 Å². The number of benzene rings is 1. The van der Waals surface area contributed by atoms with Crippen LogP contribution < -0.4 is 4.74 Å². The molecule has 1 aliphatic rings. The maximum Gasteiger partial charge on any atom is 0.305 e. The van der Waals surface area contributed by atoms with Crippen LogP contribution in [-0.4, -0.2) is 19.7 Å². The topological polar surface area (TPSA) is 35.5 Å². The molecule has 1 aliphatic carbocycles. The van der Waals surface area contributed by atoms with Crippen molar-refractivity contribution in [3.05, 3.63) is 29.8 Å². The summed E-state index contributed by atoms with van der Waals surface area (Å²) in [5.41, 5.74) is 1.42. The van der Waals surface area contributed by atoms with Gasteiger partial charge in [-0.3, -0.25) is 4.79 Å². The summed E-state index contributed by atoms with van der Waals surface area (Å²) in [4.78, 5) is 11.4. The van der Waals surface area contributed by atoms with E-state index in [1.54, 1.807) is 7.11 Å². The molecule has 0 heterocycles. The summed E-state index contributed by atoms with van der Waals surface area (Å²) in [5.74, 6) is 2.22. The monoisotopic (exact) mass is 290 g/mol. The van der Waals surface area contributed by atoms with Crippen molar-refractivity contribution >= 4 is 5.97 Å². The lowest BCUT2D eigenvalue weighted by molar-refractivity contribution is -0.143. The van der Waals surface area contributed by atoms with Gasteiger partial charge in [-0.05, 0) is 68.6 Å². The van der Waals surface area contributed by atoms with Crippen LogP contribution in [0.2, 0.25) is 0 Å². The first-order chi connectivity index (χ1) is 10.2. The summed E-state index contributed by atoms with van der Waals surface area (Å²) in [7, 11) is 1.70. The van der Waals surface area contributed by atoms with Crippen LogP contribution in [0.5, 0.6) is 5.75 Å². The highest BCUT2D eigenvalue weighted by molar-refractivity contribution is 5.69. The number of rotatable bonds is 6. The largest absolute Gasteiger partial charge is 0.497 e. The lowest BCUT2D eigenvalue weighted by atomic mass is 9.77. The number of carbonyl (C=O) groups is 1. The van der Waals surface area contributed by atoms with Gasteiger partial charge in [0.25, 0.3) is 0 Å². The first-order valence-electron chi connectivity index (χ1n) is 8.02. The molecule has 0 amide bonds. The Bertz CT molecular complexity index is 430. The summed E-state index contributed by atoms with van der Waals surface area (Å²) < 4.78 is 10.2. The molecular formula is C18H26O3. The zero-order valence-corrected chi connectivity index (χ0v) is 13.1. The van der Waals surface area contributed by atoms with E-state index in [-0.39, 0.29) is 5.97 Å². The summed E-state index contributed by atoms with van der Waals surface area (Å²) in [6, 6.07) is 8.45. The molecule has 0 unspecified atom stereocenters. The van der Waals surface area contributed by atoms with E-state index in [0.717, 1.165) is 12.2 Å². The van der Waals surface area contributed by atoms with Crippen LogP contribution in [0, 0.1) is 5.92 Å². The Morgan fingerprint density at radius 3 is 2.38 bits per heavy atom. The first-order valence-corrected chi connectivity index (χ1v) is 8.02. The zero-order chi connectivity index (χ0) is 15.1. The molecule has 0 bridgehead atoms. The van der Waals surface area contributed by atoms with E-state index in [1.165, 1.54) is 31.2 Å². The van der Waals surface area contributed by atoms with E-state index in [2.05, 4.69) is 12.1 Å². The molecule has 0 spiro atoms. The minimum atomic E-state index is -0.0465. The van der Waals surface area contributed by atoms with Gasteiger partial charge in [0.15, 0.2) is 0 Å². The number of methoxy groups -OCH3 is 1. The molecule has 2 rings (SSSR count). The second-order valence-corrected chi connectivity index (χ2v) is 5.83. The Balaban J connectivity index is 1.76. The molecule has 116 valence electrons. The fraction of sp³-hybridized carbons (Fsp3) is 0.611. The van der Waals surface area contributed by atoms with Crippen LogP contribution in [0.3, 0.4) is 0 Å². The number of hydrogen-bond acceptors (Lipinski definition) is 3. The number of carbonyl (C=O) groups excluding carboxylic acids is 1. The van der Waals surface area contributed by atoms with Gasteiger partial charge in [-0.1, -0.05) is 12.1 Å². The van der Waals surface area contributed by atoms with Gasteiger partial charge in [0.1, 0.15) is 5.75 Å². The smallest absolute Gasteiger partial charge is 0.305 e. The maximum absolute atomic E-state index is 11.4. The van der Waals surface area contributed by atoms with E-state index < -0.39 is 0 Å². The summed E-state index contributed by atoms with van der Waals surface area (Å²) in [5, 5.41) is 0. The number of esters is 1. The Morgan fingerprint density at radius 1 is 1.14 bits per heavy atom. The van der Waals surface area contributed by atoms with Crippen molar-refractivity contribution < 1.29 is 14.3 Å². The Kier molecular flexibility index (Phi) is 6.09. The van der Waals surface area contributed by atoms with Gasteiger partial charge in [0.05, 0.1) is 13.7 Å². The highest BCUT2D eigenvalue weighted by Gasteiger charge is 2.22. The Hall–Kier alpha value is -1.51. The molecule has 0 atom stereocenters. The highest BCUT2D eigenvalue weighted by atomic mass is 16.5.